The third kappa shape index (κ3) is 3.97. The molecule has 1 aliphatic heterocycles. The zero-order valence-electron chi connectivity index (χ0n) is 16.9. The second-order valence-corrected chi connectivity index (χ2v) is 10.1. The predicted molar refractivity (Wildman–Crippen MR) is 125 cm³/mol. The number of nitrogens with one attached hydrogen (secondary N) is 1. The van der Waals surface area contributed by atoms with E-state index < -0.39 is 11.2 Å². The first-order valence-electron chi connectivity index (χ1n) is 9.92. The molecule has 7 nitrogen and oxygen atoms in total. The number of carbonyl (C=O) groups excluding carboxylic acids is 1. The maximum Gasteiger partial charge on any atom is 0.264 e. The number of aromatic nitrogens is 2. The number of amides is 1. The van der Waals surface area contributed by atoms with Crippen molar-refractivity contribution in [2.45, 2.75) is 17.4 Å². The van der Waals surface area contributed by atoms with E-state index in [9.17, 15) is 9.35 Å². The minimum Gasteiger partial charge on any atom is -0.612 e. The number of rotatable bonds is 4. The zero-order chi connectivity index (χ0) is 21.5. The normalized spacial score (nSPS) is 17.4. The molecule has 4 aromatic rings. The Hall–Kier alpha value is -2.72. The fourth-order valence-electron chi connectivity index (χ4n) is 3.78. The van der Waals surface area contributed by atoms with Crippen LogP contribution in [0.4, 0.5) is 11.6 Å². The van der Waals surface area contributed by atoms with Crippen LogP contribution >= 0.6 is 11.3 Å². The standard InChI is InChI=1S/C22H21N5O2S2/c1-31(29)16-4-2-3-15(9-16)25-22-24-11-13-5-6-18-17(20(13)26-22)10-19(30-18)21(28)27-8-7-14(23)12-27/h2-6,9-11,14H,7-8,12,23H2,1H3,(H,24,25,26). The molecule has 2 aromatic heterocycles. The van der Waals surface area contributed by atoms with Crippen molar-refractivity contribution in [2.75, 3.05) is 24.7 Å². The number of hydrogen-bond donors (Lipinski definition) is 2. The summed E-state index contributed by atoms with van der Waals surface area (Å²) in [6.45, 7) is 1.30. The van der Waals surface area contributed by atoms with E-state index in [4.69, 9.17) is 10.7 Å². The molecule has 1 saturated heterocycles. The third-order valence-electron chi connectivity index (χ3n) is 5.39. The average molecular weight is 452 g/mol. The molecule has 31 heavy (non-hydrogen) atoms. The van der Waals surface area contributed by atoms with E-state index >= 15 is 0 Å². The van der Waals surface area contributed by atoms with E-state index in [1.807, 2.05) is 47.4 Å². The van der Waals surface area contributed by atoms with Crippen molar-refractivity contribution in [2.24, 2.45) is 5.73 Å². The van der Waals surface area contributed by atoms with E-state index in [-0.39, 0.29) is 11.9 Å². The lowest BCUT2D eigenvalue weighted by Gasteiger charge is -2.13. The Kier molecular flexibility index (Phi) is 5.27. The Morgan fingerprint density at radius 1 is 1.32 bits per heavy atom. The molecule has 9 heteroatoms. The van der Waals surface area contributed by atoms with Gasteiger partial charge in [-0.1, -0.05) is 6.07 Å². The van der Waals surface area contributed by atoms with Gasteiger partial charge < -0.3 is 20.5 Å². The molecule has 0 radical (unpaired) electrons. The SMILES string of the molecule is C[S+]([O-])c1cccc(Nc2ncc3ccc4sc(C(=O)N5CCC(N)C5)cc4c3n2)c1. The van der Waals surface area contributed by atoms with E-state index in [0.717, 1.165) is 38.0 Å². The van der Waals surface area contributed by atoms with Crippen LogP contribution in [0.3, 0.4) is 0 Å². The van der Waals surface area contributed by atoms with Gasteiger partial charge in [-0.15, -0.1) is 11.3 Å². The van der Waals surface area contributed by atoms with Crippen molar-refractivity contribution in [3.05, 3.63) is 53.5 Å². The summed E-state index contributed by atoms with van der Waals surface area (Å²) in [4.78, 5) is 25.3. The maximum absolute atomic E-state index is 12.9. The Morgan fingerprint density at radius 2 is 2.19 bits per heavy atom. The highest BCUT2D eigenvalue weighted by Gasteiger charge is 2.26. The molecule has 1 aliphatic rings. The summed E-state index contributed by atoms with van der Waals surface area (Å²) >= 11 is 0.410. The van der Waals surface area contributed by atoms with E-state index in [2.05, 4.69) is 10.3 Å². The highest BCUT2D eigenvalue weighted by Crippen LogP contribution is 2.33. The topological polar surface area (TPSA) is 107 Å². The zero-order valence-corrected chi connectivity index (χ0v) is 18.5. The molecule has 1 fully saturated rings. The molecule has 0 aliphatic carbocycles. The van der Waals surface area contributed by atoms with Crippen LogP contribution in [-0.4, -0.2) is 50.7 Å². The predicted octanol–water partition coefficient (Wildman–Crippen LogP) is 3.50. The fraction of sp³-hybridized carbons (Fsp3) is 0.227. The third-order valence-corrected chi connectivity index (χ3v) is 7.40. The monoisotopic (exact) mass is 451 g/mol. The molecule has 5 rings (SSSR count). The van der Waals surface area contributed by atoms with Gasteiger partial charge >= 0.3 is 0 Å². The number of benzene rings is 2. The maximum atomic E-state index is 12.9. The number of hydrogen-bond acceptors (Lipinski definition) is 7. The first kappa shape index (κ1) is 20.2. The molecule has 158 valence electrons. The Morgan fingerprint density at radius 3 is 2.97 bits per heavy atom. The van der Waals surface area contributed by atoms with Gasteiger partial charge in [0.05, 0.1) is 10.4 Å². The lowest BCUT2D eigenvalue weighted by molar-refractivity contribution is 0.0795. The lowest BCUT2D eigenvalue weighted by Crippen LogP contribution is -2.31. The molecule has 0 spiro atoms. The van der Waals surface area contributed by atoms with Crippen LogP contribution in [0.1, 0.15) is 16.1 Å². The summed E-state index contributed by atoms with van der Waals surface area (Å²) in [7, 11) is 0. The van der Waals surface area contributed by atoms with Gasteiger partial charge in [0.25, 0.3) is 5.91 Å². The molecule has 3 N–H and O–H groups in total. The summed E-state index contributed by atoms with van der Waals surface area (Å²) in [6, 6.07) is 13.3. The van der Waals surface area contributed by atoms with Gasteiger partial charge in [-0.25, -0.2) is 9.97 Å². The Labute approximate surface area is 186 Å². The van der Waals surface area contributed by atoms with Gasteiger partial charge in [-0.2, -0.15) is 0 Å². The van der Waals surface area contributed by atoms with Crippen molar-refractivity contribution in [3.8, 4) is 0 Å². The van der Waals surface area contributed by atoms with Gasteiger partial charge in [0.15, 0.2) is 4.90 Å². The smallest absolute Gasteiger partial charge is 0.264 e. The van der Waals surface area contributed by atoms with Gasteiger partial charge in [0.1, 0.15) is 6.26 Å². The summed E-state index contributed by atoms with van der Waals surface area (Å²) < 4.78 is 12.8. The highest BCUT2D eigenvalue weighted by molar-refractivity contribution is 7.90. The van der Waals surface area contributed by atoms with Crippen molar-refractivity contribution in [1.29, 1.82) is 0 Å². The van der Waals surface area contributed by atoms with Crippen LogP contribution in [-0.2, 0) is 11.2 Å². The quantitative estimate of drug-likeness (QED) is 0.460. The summed E-state index contributed by atoms with van der Waals surface area (Å²) in [5.74, 6) is 0.475. The van der Waals surface area contributed by atoms with Crippen LogP contribution in [0.25, 0.3) is 21.0 Å². The minimum atomic E-state index is -1.07. The molecule has 3 heterocycles. The van der Waals surface area contributed by atoms with Crippen molar-refractivity contribution in [1.82, 2.24) is 14.9 Å². The average Bonchev–Trinajstić information content (AvgIpc) is 3.40. The molecule has 2 unspecified atom stereocenters. The number of likely N-dealkylation sites (tertiary alicyclic amines) is 1. The first-order valence-corrected chi connectivity index (χ1v) is 12.3. The fourth-order valence-corrected chi connectivity index (χ4v) is 5.38. The van der Waals surface area contributed by atoms with Gasteiger partial charge in [-0.05, 0) is 47.9 Å². The second-order valence-electron chi connectivity index (χ2n) is 7.63. The number of carbonyl (C=O) groups is 1. The van der Waals surface area contributed by atoms with Gasteiger partial charge in [0, 0.05) is 52.6 Å². The highest BCUT2D eigenvalue weighted by atomic mass is 32.2. The molecule has 0 bridgehead atoms. The molecule has 0 saturated carbocycles. The van der Waals surface area contributed by atoms with E-state index in [1.54, 1.807) is 12.5 Å². The van der Waals surface area contributed by atoms with E-state index in [1.165, 1.54) is 11.3 Å². The Balaban J connectivity index is 1.50. The van der Waals surface area contributed by atoms with Crippen molar-refractivity contribution in [3.63, 3.8) is 0 Å². The Bertz CT molecular complexity index is 1290. The molecule has 2 aromatic carbocycles. The number of anilines is 2. The van der Waals surface area contributed by atoms with E-state index in [0.29, 0.717) is 23.9 Å². The number of nitrogens with two attached hydrogens (primary N) is 1. The van der Waals surface area contributed by atoms with Crippen LogP contribution < -0.4 is 11.1 Å². The number of nitrogens with zero attached hydrogens (tertiary/aromatic N) is 3. The van der Waals surface area contributed by atoms with Crippen LogP contribution in [0.5, 0.6) is 0 Å². The molecular formula is C22H21N5O2S2. The van der Waals surface area contributed by atoms with Crippen LogP contribution in [0.2, 0.25) is 0 Å². The summed E-state index contributed by atoms with van der Waals surface area (Å²) in [5.41, 5.74) is 7.52. The molecule has 2 atom stereocenters. The summed E-state index contributed by atoms with van der Waals surface area (Å²) in [6.07, 6.45) is 4.26. The molecular weight excluding hydrogens is 430 g/mol. The summed E-state index contributed by atoms with van der Waals surface area (Å²) in [5, 5.41) is 5.03. The van der Waals surface area contributed by atoms with Crippen molar-refractivity contribution >= 4 is 61.0 Å². The number of thiophene rings is 1. The lowest BCUT2D eigenvalue weighted by atomic mass is 10.2. The van der Waals surface area contributed by atoms with Gasteiger partial charge in [0.2, 0.25) is 5.95 Å². The van der Waals surface area contributed by atoms with Gasteiger partial charge in [-0.3, -0.25) is 4.79 Å². The minimum absolute atomic E-state index is 0.0269. The molecule has 1 amide bonds. The van der Waals surface area contributed by atoms with Crippen molar-refractivity contribution < 1.29 is 9.35 Å². The van der Waals surface area contributed by atoms with Crippen LogP contribution in [0.15, 0.2) is 53.6 Å². The number of fused-ring (bicyclic) bond motifs is 3. The largest absolute Gasteiger partial charge is 0.612 e. The first-order chi connectivity index (χ1) is 15.0. The van der Waals surface area contributed by atoms with Crippen LogP contribution in [0, 0.1) is 0 Å². The second kappa shape index (κ2) is 8.08.